The fraction of sp³-hybridized carbons (Fsp3) is 0.533. The van der Waals surface area contributed by atoms with Crippen molar-refractivity contribution < 1.29 is 18.7 Å². The van der Waals surface area contributed by atoms with Gasteiger partial charge in [-0.2, -0.15) is 0 Å². The fourth-order valence-electron chi connectivity index (χ4n) is 2.72. The van der Waals surface area contributed by atoms with Gasteiger partial charge in [0, 0.05) is 12.2 Å². The van der Waals surface area contributed by atoms with Crippen LogP contribution in [-0.2, 0) is 9.53 Å². The monoisotopic (exact) mass is 294 g/mol. The van der Waals surface area contributed by atoms with Crippen LogP contribution in [0.15, 0.2) is 18.5 Å². The highest BCUT2D eigenvalue weighted by Gasteiger charge is 2.32. The van der Waals surface area contributed by atoms with Gasteiger partial charge in [0.25, 0.3) is 5.91 Å². The molecule has 5 nitrogen and oxygen atoms in total. The third-order valence-electron chi connectivity index (χ3n) is 3.85. The van der Waals surface area contributed by atoms with E-state index < -0.39 is 11.7 Å². The maximum atomic E-state index is 13.6. The van der Waals surface area contributed by atoms with Crippen molar-refractivity contribution in [1.29, 1.82) is 0 Å². The predicted molar refractivity (Wildman–Crippen MR) is 74.0 cm³/mol. The van der Waals surface area contributed by atoms with Crippen LogP contribution < -0.4 is 5.32 Å². The summed E-state index contributed by atoms with van der Waals surface area (Å²) < 4.78 is 18.4. The van der Waals surface area contributed by atoms with E-state index in [4.69, 9.17) is 4.74 Å². The largest absolute Gasteiger partial charge is 0.469 e. The Morgan fingerprint density at radius 1 is 1.33 bits per heavy atom. The minimum atomic E-state index is -0.668. The quantitative estimate of drug-likeness (QED) is 0.684. The lowest BCUT2D eigenvalue weighted by molar-refractivity contribution is -0.146. The zero-order valence-corrected chi connectivity index (χ0v) is 12.0. The van der Waals surface area contributed by atoms with Gasteiger partial charge in [0.05, 0.1) is 24.8 Å². The number of pyridine rings is 1. The molecule has 1 aliphatic rings. The Bertz CT molecular complexity index is 521. The summed E-state index contributed by atoms with van der Waals surface area (Å²) in [4.78, 5) is 27.6. The van der Waals surface area contributed by atoms with Crippen LogP contribution in [0.1, 0.15) is 42.5 Å². The SMILES string of the molecule is COC(=O)[C@@H]1CCCCC[C@H]1NC(=O)c1ccncc1F. The van der Waals surface area contributed by atoms with Gasteiger partial charge in [0.15, 0.2) is 5.82 Å². The molecule has 6 heteroatoms. The van der Waals surface area contributed by atoms with Crippen molar-refractivity contribution in [3.63, 3.8) is 0 Å². The number of amides is 1. The lowest BCUT2D eigenvalue weighted by atomic mass is 9.94. The molecule has 1 aromatic heterocycles. The van der Waals surface area contributed by atoms with Gasteiger partial charge < -0.3 is 10.1 Å². The summed E-state index contributed by atoms with van der Waals surface area (Å²) in [7, 11) is 1.34. The second-order valence-corrected chi connectivity index (χ2v) is 5.20. The number of methoxy groups -OCH3 is 1. The van der Waals surface area contributed by atoms with E-state index in [1.54, 1.807) is 0 Å². The van der Waals surface area contributed by atoms with Crippen LogP contribution in [0.4, 0.5) is 4.39 Å². The molecule has 21 heavy (non-hydrogen) atoms. The molecule has 1 aliphatic carbocycles. The molecule has 1 aromatic rings. The van der Waals surface area contributed by atoms with Crippen molar-refractivity contribution in [2.45, 2.75) is 38.1 Å². The molecule has 0 saturated heterocycles. The van der Waals surface area contributed by atoms with E-state index in [1.165, 1.54) is 19.4 Å². The minimum absolute atomic E-state index is 0.0575. The van der Waals surface area contributed by atoms with Gasteiger partial charge in [0.2, 0.25) is 0 Å². The number of carbonyl (C=O) groups is 2. The number of ether oxygens (including phenoxy) is 1. The van der Waals surface area contributed by atoms with Crippen LogP contribution in [0.2, 0.25) is 0 Å². The van der Waals surface area contributed by atoms with Gasteiger partial charge in [-0.25, -0.2) is 4.39 Å². The van der Waals surface area contributed by atoms with Gasteiger partial charge >= 0.3 is 5.97 Å². The summed E-state index contributed by atoms with van der Waals surface area (Å²) in [5.41, 5.74) is -0.0575. The molecule has 1 heterocycles. The van der Waals surface area contributed by atoms with E-state index in [-0.39, 0.29) is 23.5 Å². The first kappa shape index (κ1) is 15.4. The summed E-state index contributed by atoms with van der Waals surface area (Å²) in [5.74, 6) is -1.88. The van der Waals surface area contributed by atoms with Gasteiger partial charge in [-0.3, -0.25) is 14.6 Å². The molecule has 1 fully saturated rings. The third kappa shape index (κ3) is 3.77. The predicted octanol–water partition coefficient (Wildman–Crippen LogP) is 2.07. The van der Waals surface area contributed by atoms with Gasteiger partial charge in [-0.1, -0.05) is 19.3 Å². The second-order valence-electron chi connectivity index (χ2n) is 5.20. The highest BCUT2D eigenvalue weighted by atomic mass is 19.1. The second kappa shape index (κ2) is 7.15. The molecule has 1 N–H and O–H groups in total. The van der Waals surface area contributed by atoms with Crippen molar-refractivity contribution >= 4 is 11.9 Å². The van der Waals surface area contributed by atoms with Gasteiger partial charge in [0.1, 0.15) is 0 Å². The lowest BCUT2D eigenvalue weighted by Gasteiger charge is -2.24. The molecule has 114 valence electrons. The number of nitrogens with zero attached hydrogens (tertiary/aromatic N) is 1. The highest BCUT2D eigenvalue weighted by molar-refractivity contribution is 5.94. The Hall–Kier alpha value is -1.98. The molecule has 0 aromatic carbocycles. The van der Waals surface area contributed by atoms with Crippen LogP contribution >= 0.6 is 0 Å². The zero-order chi connectivity index (χ0) is 15.2. The average molecular weight is 294 g/mol. The van der Waals surface area contributed by atoms with Crippen molar-refractivity contribution in [1.82, 2.24) is 10.3 Å². The Morgan fingerprint density at radius 2 is 2.10 bits per heavy atom. The Labute approximate surface area is 122 Å². The van der Waals surface area contributed by atoms with Crippen molar-refractivity contribution in [3.8, 4) is 0 Å². The zero-order valence-electron chi connectivity index (χ0n) is 12.0. The van der Waals surface area contributed by atoms with Crippen molar-refractivity contribution in [3.05, 3.63) is 29.8 Å². The number of hydrogen-bond acceptors (Lipinski definition) is 4. The first-order chi connectivity index (χ1) is 10.1. The lowest BCUT2D eigenvalue weighted by Crippen LogP contribution is -2.43. The van der Waals surface area contributed by atoms with Gasteiger partial charge in [-0.15, -0.1) is 0 Å². The number of rotatable bonds is 3. The Balaban J connectivity index is 2.12. The molecule has 0 spiro atoms. The standard InChI is InChI=1S/C15H19FN2O3/c1-21-15(20)11-5-3-2-4-6-13(11)18-14(19)10-7-8-17-9-12(10)16/h7-9,11,13H,2-6H2,1H3,(H,18,19)/t11-,13-/m1/s1. The number of esters is 1. The molecule has 0 aliphatic heterocycles. The molecule has 1 amide bonds. The van der Waals surface area contributed by atoms with E-state index in [0.717, 1.165) is 25.5 Å². The molecule has 0 radical (unpaired) electrons. The summed E-state index contributed by atoms with van der Waals surface area (Å²) in [6.45, 7) is 0. The van der Waals surface area contributed by atoms with E-state index in [0.29, 0.717) is 12.8 Å². The van der Waals surface area contributed by atoms with Crippen LogP contribution in [0, 0.1) is 11.7 Å². The minimum Gasteiger partial charge on any atom is -0.469 e. The van der Waals surface area contributed by atoms with Crippen molar-refractivity contribution in [2.75, 3.05) is 7.11 Å². The molecule has 2 atom stereocenters. The number of carbonyl (C=O) groups excluding carboxylic acids is 2. The number of aromatic nitrogens is 1. The van der Waals surface area contributed by atoms with Gasteiger partial charge in [-0.05, 0) is 18.9 Å². The third-order valence-corrected chi connectivity index (χ3v) is 3.85. The number of hydrogen-bond donors (Lipinski definition) is 1. The summed E-state index contributed by atoms with van der Waals surface area (Å²) in [5, 5.41) is 2.77. The van der Waals surface area contributed by atoms with E-state index in [9.17, 15) is 14.0 Å². The van der Waals surface area contributed by atoms with Crippen LogP contribution in [0.3, 0.4) is 0 Å². The van der Waals surface area contributed by atoms with Crippen LogP contribution in [0.25, 0.3) is 0 Å². The number of nitrogens with one attached hydrogen (secondary N) is 1. The first-order valence-electron chi connectivity index (χ1n) is 7.11. The number of halogens is 1. The molecular weight excluding hydrogens is 275 g/mol. The molecule has 0 unspecified atom stereocenters. The average Bonchev–Trinajstić information content (AvgIpc) is 2.72. The topological polar surface area (TPSA) is 68.3 Å². The normalized spacial score (nSPS) is 22.2. The van der Waals surface area contributed by atoms with Crippen LogP contribution in [-0.4, -0.2) is 30.0 Å². The molecular formula is C15H19FN2O3. The molecule has 2 rings (SSSR count). The maximum Gasteiger partial charge on any atom is 0.310 e. The van der Waals surface area contributed by atoms with E-state index >= 15 is 0 Å². The summed E-state index contributed by atoms with van der Waals surface area (Å²) in [6.07, 6.45) is 6.60. The van der Waals surface area contributed by atoms with E-state index in [2.05, 4.69) is 10.3 Å². The summed E-state index contributed by atoms with van der Waals surface area (Å²) >= 11 is 0. The van der Waals surface area contributed by atoms with E-state index in [1.807, 2.05) is 0 Å². The van der Waals surface area contributed by atoms with Crippen LogP contribution in [0.5, 0.6) is 0 Å². The fourth-order valence-corrected chi connectivity index (χ4v) is 2.72. The summed E-state index contributed by atoms with van der Waals surface area (Å²) in [6, 6.07) is 1.01. The Kier molecular flexibility index (Phi) is 5.25. The smallest absolute Gasteiger partial charge is 0.310 e. The first-order valence-corrected chi connectivity index (χ1v) is 7.11. The Morgan fingerprint density at radius 3 is 2.81 bits per heavy atom. The molecule has 1 saturated carbocycles. The van der Waals surface area contributed by atoms with Crippen molar-refractivity contribution in [2.24, 2.45) is 5.92 Å². The molecule has 0 bridgehead atoms. The maximum absolute atomic E-state index is 13.6. The highest BCUT2D eigenvalue weighted by Crippen LogP contribution is 2.25.